The predicted molar refractivity (Wildman–Crippen MR) is 150 cm³/mol. The van der Waals surface area contributed by atoms with Crippen molar-refractivity contribution < 1.29 is 23.1 Å². The van der Waals surface area contributed by atoms with Gasteiger partial charge < -0.3 is 19.7 Å². The number of aromatic carboxylic acids is 1. The summed E-state index contributed by atoms with van der Waals surface area (Å²) in [5.74, 6) is 0.755. The molecule has 3 aromatic carbocycles. The molecule has 0 fully saturated rings. The summed E-state index contributed by atoms with van der Waals surface area (Å²) in [6.45, 7) is 0.299. The van der Waals surface area contributed by atoms with Crippen LogP contribution in [0.1, 0.15) is 16.8 Å². The van der Waals surface area contributed by atoms with Gasteiger partial charge in [-0.15, -0.1) is 0 Å². The van der Waals surface area contributed by atoms with Gasteiger partial charge in [0.25, 0.3) is 0 Å². The summed E-state index contributed by atoms with van der Waals surface area (Å²) in [7, 11) is -3.03. The molecule has 9 nitrogen and oxygen atoms in total. The van der Waals surface area contributed by atoms with Gasteiger partial charge in [-0.1, -0.05) is 30.3 Å². The van der Waals surface area contributed by atoms with Crippen LogP contribution in [-0.2, 0) is 9.84 Å². The molecule has 2 aromatic heterocycles. The molecule has 2 heterocycles. The van der Waals surface area contributed by atoms with Crippen molar-refractivity contribution in [3.63, 3.8) is 0 Å². The maximum absolute atomic E-state index is 11.6. The minimum absolute atomic E-state index is 0. The van der Waals surface area contributed by atoms with E-state index in [1.807, 2.05) is 47.2 Å². The van der Waals surface area contributed by atoms with Gasteiger partial charge in [0.2, 0.25) is 5.95 Å². The molecule has 0 spiro atoms. The molecule has 5 aromatic rings. The second-order valence-corrected chi connectivity index (χ2v) is 10.8. The Morgan fingerprint density at radius 3 is 2.55 bits per heavy atom. The number of nitrogens with one attached hydrogen (secondary N) is 1. The third-order valence-electron chi connectivity index (χ3n) is 5.90. The molecule has 0 aliphatic rings. The van der Waals surface area contributed by atoms with E-state index in [1.165, 1.54) is 6.26 Å². The van der Waals surface area contributed by atoms with Gasteiger partial charge in [0, 0.05) is 35.1 Å². The zero-order chi connectivity index (χ0) is 26.0. The van der Waals surface area contributed by atoms with Crippen LogP contribution in [-0.4, -0.2) is 82.2 Å². The molecule has 0 amide bonds. The first-order valence-electron chi connectivity index (χ1n) is 11.6. The van der Waals surface area contributed by atoms with E-state index in [2.05, 4.69) is 15.3 Å². The summed E-state index contributed by atoms with van der Waals surface area (Å²) >= 11 is 0. The molecule has 0 bridgehead atoms. The Hall–Kier alpha value is -3.44. The van der Waals surface area contributed by atoms with Gasteiger partial charge in [0.05, 0.1) is 23.4 Å². The van der Waals surface area contributed by atoms with Gasteiger partial charge in [-0.25, -0.2) is 18.2 Å². The Kier molecular flexibility index (Phi) is 8.37. The molecule has 0 unspecified atom stereocenters. The van der Waals surface area contributed by atoms with Crippen LogP contribution < -0.4 is 10.1 Å². The molecule has 0 aliphatic heterocycles. The standard InChI is InChI=1S/C27H24N4O5S.Na.H/c1-37(34,35)17-5-16-36-24-9-4-8-23-21(24)13-15-31(23)25-12-14-28-27(30-25)29-22-11-10-20(26(32)33)18-6-2-3-7-19(18)22;;/h2-4,6-15H,5,16-17H2,1H3,(H,32,33)(H,28,29,30);;. The first-order chi connectivity index (χ1) is 17.8. The van der Waals surface area contributed by atoms with Crippen molar-refractivity contribution in [2.75, 3.05) is 23.9 Å². The number of ether oxygens (including phenoxy) is 1. The monoisotopic (exact) mass is 540 g/mol. The number of aromatic nitrogens is 3. The fraction of sp³-hybridized carbons (Fsp3) is 0.148. The number of rotatable bonds is 9. The van der Waals surface area contributed by atoms with Crippen LogP contribution in [0.5, 0.6) is 5.75 Å². The normalized spacial score (nSPS) is 11.3. The zero-order valence-electron chi connectivity index (χ0n) is 20.0. The van der Waals surface area contributed by atoms with E-state index in [1.54, 1.807) is 36.5 Å². The summed E-state index contributed by atoms with van der Waals surface area (Å²) in [5, 5.41) is 15.0. The van der Waals surface area contributed by atoms with E-state index in [-0.39, 0.29) is 40.9 Å². The molecule has 0 aliphatic carbocycles. The van der Waals surface area contributed by atoms with E-state index in [4.69, 9.17) is 4.74 Å². The number of hydrogen-bond acceptors (Lipinski definition) is 7. The fourth-order valence-corrected chi connectivity index (χ4v) is 4.87. The molecule has 11 heteroatoms. The van der Waals surface area contributed by atoms with Crippen LogP contribution in [0.25, 0.3) is 27.5 Å². The van der Waals surface area contributed by atoms with E-state index in [9.17, 15) is 18.3 Å². The van der Waals surface area contributed by atoms with Crippen molar-refractivity contribution in [2.45, 2.75) is 6.42 Å². The molecular formula is C27H25N4NaO5S. The average molecular weight is 541 g/mol. The third kappa shape index (κ3) is 5.99. The second kappa shape index (κ2) is 11.5. The zero-order valence-corrected chi connectivity index (χ0v) is 20.8. The first kappa shape index (κ1) is 27.6. The van der Waals surface area contributed by atoms with Gasteiger partial charge in [-0.05, 0) is 48.2 Å². The molecule has 0 saturated carbocycles. The number of benzene rings is 3. The summed E-state index contributed by atoms with van der Waals surface area (Å²) in [6.07, 6.45) is 5.16. The summed E-state index contributed by atoms with van der Waals surface area (Å²) in [5.41, 5.74) is 1.80. The molecular weight excluding hydrogens is 515 g/mol. The van der Waals surface area contributed by atoms with Crippen molar-refractivity contribution in [3.05, 3.63) is 84.7 Å². The van der Waals surface area contributed by atoms with E-state index in [0.29, 0.717) is 41.6 Å². The molecule has 5 rings (SSSR count). The van der Waals surface area contributed by atoms with Crippen molar-refractivity contribution in [3.8, 4) is 11.6 Å². The van der Waals surface area contributed by atoms with Crippen LogP contribution in [0.15, 0.2) is 79.1 Å². The molecule has 2 N–H and O–H groups in total. The Labute approximate surface area is 241 Å². The number of fused-ring (bicyclic) bond motifs is 2. The number of carbonyl (C=O) groups is 1. The first-order valence-corrected chi connectivity index (χ1v) is 13.6. The Balaban J connectivity index is 0.00000336. The molecule has 38 heavy (non-hydrogen) atoms. The van der Waals surface area contributed by atoms with Crippen molar-refractivity contribution >= 4 is 78.7 Å². The Morgan fingerprint density at radius 1 is 1.00 bits per heavy atom. The SMILES string of the molecule is CS(=O)(=O)CCCOc1cccc2c1ccn2-c1ccnc(Nc2ccc(C(=O)O)c3ccccc23)n1.[NaH]. The molecule has 0 atom stereocenters. The van der Waals surface area contributed by atoms with Crippen molar-refractivity contribution in [2.24, 2.45) is 0 Å². The quantitative estimate of drug-likeness (QED) is 0.211. The van der Waals surface area contributed by atoms with Crippen LogP contribution in [0, 0.1) is 0 Å². The average Bonchev–Trinajstić information content (AvgIpc) is 3.31. The van der Waals surface area contributed by atoms with E-state index in [0.717, 1.165) is 16.3 Å². The van der Waals surface area contributed by atoms with Gasteiger partial charge >= 0.3 is 35.5 Å². The van der Waals surface area contributed by atoms with Gasteiger partial charge in [-0.2, -0.15) is 4.98 Å². The molecule has 0 radical (unpaired) electrons. The van der Waals surface area contributed by atoms with Crippen LogP contribution in [0.2, 0.25) is 0 Å². The number of sulfone groups is 1. The van der Waals surface area contributed by atoms with Crippen LogP contribution in [0.3, 0.4) is 0 Å². The maximum atomic E-state index is 11.6. The van der Waals surface area contributed by atoms with Gasteiger partial charge in [0.1, 0.15) is 21.4 Å². The number of nitrogens with zero attached hydrogens (tertiary/aromatic N) is 3. The van der Waals surface area contributed by atoms with Crippen molar-refractivity contribution in [1.82, 2.24) is 14.5 Å². The number of carboxylic acid groups (broad SMARTS) is 1. The molecule has 190 valence electrons. The van der Waals surface area contributed by atoms with E-state index < -0.39 is 15.8 Å². The third-order valence-corrected chi connectivity index (χ3v) is 6.93. The summed E-state index contributed by atoms with van der Waals surface area (Å²) in [6, 6.07) is 19.9. The number of hydrogen-bond donors (Lipinski definition) is 2. The minimum atomic E-state index is -3.03. The van der Waals surface area contributed by atoms with E-state index >= 15 is 0 Å². The fourth-order valence-electron chi connectivity index (χ4n) is 4.23. The summed E-state index contributed by atoms with van der Waals surface area (Å²) < 4.78 is 30.5. The molecule has 0 saturated heterocycles. The predicted octanol–water partition coefficient (Wildman–Crippen LogP) is 4.18. The van der Waals surface area contributed by atoms with Crippen LogP contribution in [0.4, 0.5) is 11.6 Å². The number of carboxylic acids is 1. The van der Waals surface area contributed by atoms with Crippen LogP contribution >= 0.6 is 0 Å². The van der Waals surface area contributed by atoms with Gasteiger partial charge in [0.15, 0.2) is 0 Å². The topological polar surface area (TPSA) is 123 Å². The van der Waals surface area contributed by atoms with Crippen molar-refractivity contribution in [1.29, 1.82) is 0 Å². The number of anilines is 2. The Bertz CT molecular complexity index is 1740. The second-order valence-electron chi connectivity index (χ2n) is 8.58. The van der Waals surface area contributed by atoms with Gasteiger partial charge in [-0.3, -0.25) is 0 Å². The Morgan fingerprint density at radius 2 is 1.79 bits per heavy atom. The summed E-state index contributed by atoms with van der Waals surface area (Å²) in [4.78, 5) is 20.6.